The summed E-state index contributed by atoms with van der Waals surface area (Å²) in [6, 6.07) is 16.2. The van der Waals surface area contributed by atoms with E-state index in [1.54, 1.807) is 12.1 Å². The van der Waals surface area contributed by atoms with Crippen LogP contribution in [-0.2, 0) is 11.2 Å². The third kappa shape index (κ3) is 8.81. The molecule has 2 N–H and O–H groups in total. The number of carbonyl (C=O) groups excluding carboxylic acids is 2. The Kier molecular flexibility index (Phi) is 11.5. The molecule has 0 aliphatic carbocycles. The average molecular weight is 440 g/mol. The SMILES string of the molecule is CCNCCC(=O)C(Cc1ccc(OCCN(CC)CC)cc1)NC(=O)c1ccccc1. The number of carbonyl (C=O) groups is 2. The van der Waals surface area contributed by atoms with Crippen LogP contribution in [0.5, 0.6) is 5.75 Å². The molecule has 0 aliphatic heterocycles. The summed E-state index contributed by atoms with van der Waals surface area (Å²) in [6.07, 6.45) is 0.823. The van der Waals surface area contributed by atoms with Gasteiger partial charge in [0.15, 0.2) is 5.78 Å². The summed E-state index contributed by atoms with van der Waals surface area (Å²) in [5, 5.41) is 6.10. The predicted octanol–water partition coefficient (Wildman–Crippen LogP) is 3.32. The zero-order valence-corrected chi connectivity index (χ0v) is 19.6. The average Bonchev–Trinajstić information content (AvgIpc) is 2.83. The van der Waals surface area contributed by atoms with E-state index in [0.29, 0.717) is 31.6 Å². The molecule has 0 aromatic heterocycles. The van der Waals surface area contributed by atoms with Crippen molar-refractivity contribution < 1.29 is 14.3 Å². The smallest absolute Gasteiger partial charge is 0.251 e. The van der Waals surface area contributed by atoms with Crippen molar-refractivity contribution in [3.05, 3.63) is 65.7 Å². The Morgan fingerprint density at radius 2 is 1.66 bits per heavy atom. The Labute approximate surface area is 192 Å². The highest BCUT2D eigenvalue weighted by Crippen LogP contribution is 2.15. The molecule has 1 atom stereocenters. The maximum Gasteiger partial charge on any atom is 0.251 e. The molecule has 32 heavy (non-hydrogen) atoms. The number of nitrogens with zero attached hydrogens (tertiary/aromatic N) is 1. The van der Waals surface area contributed by atoms with Gasteiger partial charge in [0.25, 0.3) is 5.91 Å². The van der Waals surface area contributed by atoms with Crippen molar-refractivity contribution in [1.82, 2.24) is 15.5 Å². The first-order valence-corrected chi connectivity index (χ1v) is 11.6. The molecule has 2 rings (SSSR count). The number of likely N-dealkylation sites (N-methyl/N-ethyl adjacent to an activating group) is 1. The molecular formula is C26H37N3O3. The highest BCUT2D eigenvalue weighted by Gasteiger charge is 2.21. The number of ether oxygens (including phenoxy) is 1. The fourth-order valence-electron chi connectivity index (χ4n) is 3.43. The van der Waals surface area contributed by atoms with Gasteiger partial charge in [-0.05, 0) is 55.9 Å². The number of nitrogens with one attached hydrogen (secondary N) is 2. The summed E-state index contributed by atoms with van der Waals surface area (Å²) in [6.45, 7) is 11.3. The molecule has 0 saturated heterocycles. The second kappa shape index (κ2) is 14.4. The van der Waals surface area contributed by atoms with Crippen LogP contribution in [0.4, 0.5) is 0 Å². The van der Waals surface area contributed by atoms with Gasteiger partial charge < -0.3 is 20.3 Å². The molecule has 6 nitrogen and oxygen atoms in total. The van der Waals surface area contributed by atoms with Gasteiger partial charge in [0.2, 0.25) is 0 Å². The van der Waals surface area contributed by atoms with Crippen molar-refractivity contribution in [1.29, 1.82) is 0 Å². The van der Waals surface area contributed by atoms with E-state index in [9.17, 15) is 9.59 Å². The van der Waals surface area contributed by atoms with Crippen molar-refractivity contribution in [2.75, 3.05) is 39.3 Å². The number of hydrogen-bond donors (Lipinski definition) is 2. The van der Waals surface area contributed by atoms with E-state index >= 15 is 0 Å². The van der Waals surface area contributed by atoms with Crippen molar-refractivity contribution in [3.8, 4) is 5.75 Å². The lowest BCUT2D eigenvalue weighted by Gasteiger charge is -2.19. The molecule has 0 heterocycles. The van der Waals surface area contributed by atoms with Gasteiger partial charge in [-0.25, -0.2) is 0 Å². The molecule has 0 aliphatic rings. The quantitative estimate of drug-likeness (QED) is 0.417. The summed E-state index contributed by atoms with van der Waals surface area (Å²) in [5.41, 5.74) is 1.53. The third-order valence-corrected chi connectivity index (χ3v) is 5.46. The Balaban J connectivity index is 1.99. The predicted molar refractivity (Wildman–Crippen MR) is 129 cm³/mol. The summed E-state index contributed by atoms with van der Waals surface area (Å²) in [5.74, 6) is 0.600. The van der Waals surface area contributed by atoms with E-state index in [1.165, 1.54) is 0 Å². The zero-order chi connectivity index (χ0) is 23.2. The molecule has 0 fully saturated rings. The lowest BCUT2D eigenvalue weighted by molar-refractivity contribution is -0.120. The number of ketones is 1. The van der Waals surface area contributed by atoms with Gasteiger partial charge in [-0.2, -0.15) is 0 Å². The van der Waals surface area contributed by atoms with Crippen LogP contribution >= 0.6 is 0 Å². The van der Waals surface area contributed by atoms with Gasteiger partial charge in [-0.1, -0.05) is 51.1 Å². The van der Waals surface area contributed by atoms with Gasteiger partial charge in [0, 0.05) is 25.1 Å². The van der Waals surface area contributed by atoms with Crippen LogP contribution < -0.4 is 15.4 Å². The van der Waals surface area contributed by atoms with E-state index in [0.717, 1.165) is 37.5 Å². The highest BCUT2D eigenvalue weighted by atomic mass is 16.5. The zero-order valence-electron chi connectivity index (χ0n) is 19.6. The van der Waals surface area contributed by atoms with Gasteiger partial charge in [0.05, 0.1) is 6.04 Å². The van der Waals surface area contributed by atoms with Crippen LogP contribution in [0.15, 0.2) is 54.6 Å². The topological polar surface area (TPSA) is 70.7 Å². The highest BCUT2D eigenvalue weighted by molar-refractivity contribution is 5.98. The lowest BCUT2D eigenvalue weighted by Crippen LogP contribution is -2.43. The molecule has 0 spiro atoms. The fourth-order valence-corrected chi connectivity index (χ4v) is 3.43. The Morgan fingerprint density at radius 3 is 2.28 bits per heavy atom. The van der Waals surface area contributed by atoms with Crippen LogP contribution in [-0.4, -0.2) is 62.0 Å². The summed E-state index contributed by atoms with van der Waals surface area (Å²) >= 11 is 0. The number of hydrogen-bond acceptors (Lipinski definition) is 5. The molecule has 1 amide bonds. The Hall–Kier alpha value is -2.70. The third-order valence-electron chi connectivity index (χ3n) is 5.46. The van der Waals surface area contributed by atoms with Crippen molar-refractivity contribution >= 4 is 11.7 Å². The second-order valence-electron chi connectivity index (χ2n) is 7.69. The van der Waals surface area contributed by atoms with Crippen LogP contribution in [0.3, 0.4) is 0 Å². The summed E-state index contributed by atoms with van der Waals surface area (Å²) in [7, 11) is 0. The Bertz CT molecular complexity index is 805. The molecule has 6 heteroatoms. The lowest BCUT2D eigenvalue weighted by atomic mass is 9.99. The molecule has 174 valence electrons. The molecular weight excluding hydrogens is 402 g/mol. The van der Waals surface area contributed by atoms with E-state index < -0.39 is 6.04 Å². The van der Waals surface area contributed by atoms with Gasteiger partial charge in [-0.3, -0.25) is 9.59 Å². The van der Waals surface area contributed by atoms with E-state index in [2.05, 4.69) is 29.4 Å². The van der Waals surface area contributed by atoms with E-state index in [-0.39, 0.29) is 11.7 Å². The molecule has 0 saturated carbocycles. The second-order valence-corrected chi connectivity index (χ2v) is 7.69. The first-order chi connectivity index (χ1) is 15.6. The first-order valence-electron chi connectivity index (χ1n) is 11.6. The maximum atomic E-state index is 12.8. The molecule has 2 aromatic carbocycles. The van der Waals surface area contributed by atoms with Crippen LogP contribution in [0, 0.1) is 0 Å². The van der Waals surface area contributed by atoms with E-state index in [4.69, 9.17) is 4.74 Å². The monoisotopic (exact) mass is 439 g/mol. The number of benzene rings is 2. The van der Waals surface area contributed by atoms with Crippen LogP contribution in [0.25, 0.3) is 0 Å². The minimum absolute atomic E-state index is 0.0229. The van der Waals surface area contributed by atoms with Crippen molar-refractivity contribution in [2.45, 2.75) is 39.7 Å². The normalized spacial score (nSPS) is 11.9. The fraction of sp³-hybridized carbons (Fsp3) is 0.462. The number of rotatable bonds is 15. The van der Waals surface area contributed by atoms with E-state index in [1.807, 2.05) is 49.4 Å². The standard InChI is InChI=1S/C26H37N3O3/c1-4-27-17-16-25(30)24(28-26(31)22-10-8-7-9-11-22)20-21-12-14-23(15-13-21)32-19-18-29(5-2)6-3/h7-15,24,27H,4-6,16-20H2,1-3H3,(H,28,31). The summed E-state index contributed by atoms with van der Waals surface area (Å²) < 4.78 is 5.85. The van der Waals surface area contributed by atoms with Crippen LogP contribution in [0.2, 0.25) is 0 Å². The summed E-state index contributed by atoms with van der Waals surface area (Å²) in [4.78, 5) is 27.8. The number of Topliss-reactive ketones (excluding diaryl/α,β-unsaturated/α-hetero) is 1. The minimum atomic E-state index is -0.573. The molecule has 0 radical (unpaired) electrons. The van der Waals surface area contributed by atoms with Gasteiger partial charge >= 0.3 is 0 Å². The van der Waals surface area contributed by atoms with Crippen molar-refractivity contribution in [3.63, 3.8) is 0 Å². The van der Waals surface area contributed by atoms with Gasteiger partial charge in [0.1, 0.15) is 12.4 Å². The first kappa shape index (κ1) is 25.6. The number of amides is 1. The largest absolute Gasteiger partial charge is 0.492 e. The maximum absolute atomic E-state index is 12.8. The minimum Gasteiger partial charge on any atom is -0.492 e. The Morgan fingerprint density at radius 1 is 0.969 bits per heavy atom. The molecule has 2 aromatic rings. The van der Waals surface area contributed by atoms with Crippen molar-refractivity contribution in [2.24, 2.45) is 0 Å². The molecule has 1 unspecified atom stereocenters. The van der Waals surface area contributed by atoms with Gasteiger partial charge in [-0.15, -0.1) is 0 Å². The van der Waals surface area contributed by atoms with Crippen LogP contribution in [0.1, 0.15) is 43.1 Å². The molecule has 0 bridgehead atoms.